The first kappa shape index (κ1) is 19.3. The molecule has 2 rings (SSSR count). The monoisotopic (exact) mass is 343 g/mol. The number of anilines is 1. The molecule has 0 fully saturated rings. The summed E-state index contributed by atoms with van der Waals surface area (Å²) in [7, 11) is 1.39. The molecule has 136 valence electrons. The topological polar surface area (TPSA) is 58.6 Å². The highest BCUT2D eigenvalue weighted by Gasteiger charge is 2.14. The van der Waals surface area contributed by atoms with E-state index in [1.807, 2.05) is 38.2 Å². The minimum absolute atomic E-state index is 0.336. The molecule has 1 aliphatic carbocycles. The van der Waals surface area contributed by atoms with Gasteiger partial charge in [0.05, 0.1) is 24.0 Å². The van der Waals surface area contributed by atoms with Gasteiger partial charge in [-0.05, 0) is 70.1 Å². The van der Waals surface area contributed by atoms with Crippen molar-refractivity contribution in [1.82, 2.24) is 0 Å². The summed E-state index contributed by atoms with van der Waals surface area (Å²) in [6.07, 6.45) is 10.2. The van der Waals surface area contributed by atoms with Gasteiger partial charge in [-0.15, -0.1) is 0 Å². The summed E-state index contributed by atoms with van der Waals surface area (Å²) >= 11 is 0. The number of ether oxygens (including phenoxy) is 1. The standard InChI is InChI=1S/C21H29NO3/c1-21(2,24)13-7-10-16-8-6-9-17(14-16)15-22-19-12-5-4-11-18(19)20(23)25-3/h4-5,8,11-12,15,22,24H,6-7,9-10,13-14H2,1-3H3/b17-15+. The molecule has 0 aromatic heterocycles. The second-order valence-corrected chi connectivity index (χ2v) is 7.23. The predicted octanol–water partition coefficient (Wildman–Crippen LogP) is 4.82. The van der Waals surface area contributed by atoms with Crippen molar-refractivity contribution >= 4 is 11.7 Å². The van der Waals surface area contributed by atoms with Crippen LogP contribution in [0.2, 0.25) is 0 Å². The fourth-order valence-corrected chi connectivity index (χ4v) is 3.05. The molecular weight excluding hydrogens is 314 g/mol. The van der Waals surface area contributed by atoms with E-state index in [1.54, 1.807) is 6.07 Å². The van der Waals surface area contributed by atoms with Crippen LogP contribution in [-0.4, -0.2) is 23.8 Å². The molecule has 0 radical (unpaired) electrons. The van der Waals surface area contributed by atoms with Crippen molar-refractivity contribution < 1.29 is 14.6 Å². The zero-order valence-electron chi connectivity index (χ0n) is 15.5. The quantitative estimate of drug-likeness (QED) is 0.550. The molecule has 0 unspecified atom stereocenters. The van der Waals surface area contributed by atoms with E-state index in [0.717, 1.165) is 44.2 Å². The molecule has 0 spiro atoms. The van der Waals surface area contributed by atoms with E-state index in [2.05, 4.69) is 11.4 Å². The Morgan fingerprint density at radius 3 is 2.84 bits per heavy atom. The smallest absolute Gasteiger partial charge is 0.339 e. The molecule has 0 atom stereocenters. The number of benzene rings is 1. The van der Waals surface area contributed by atoms with Gasteiger partial charge >= 0.3 is 5.97 Å². The Bertz CT molecular complexity index is 653. The lowest BCUT2D eigenvalue weighted by Crippen LogP contribution is -2.17. The Morgan fingerprint density at radius 1 is 1.36 bits per heavy atom. The highest BCUT2D eigenvalue weighted by Crippen LogP contribution is 2.28. The summed E-state index contributed by atoms with van der Waals surface area (Å²) in [5.74, 6) is -0.336. The van der Waals surface area contributed by atoms with Gasteiger partial charge in [0.25, 0.3) is 0 Å². The number of carbonyl (C=O) groups excluding carboxylic acids is 1. The van der Waals surface area contributed by atoms with Gasteiger partial charge in [0, 0.05) is 6.20 Å². The molecule has 0 saturated heterocycles. The normalized spacial score (nSPS) is 16.5. The number of methoxy groups -OCH3 is 1. The molecule has 0 aliphatic heterocycles. The number of hydrogen-bond acceptors (Lipinski definition) is 4. The summed E-state index contributed by atoms with van der Waals surface area (Å²) in [5.41, 5.74) is 3.48. The van der Waals surface area contributed by atoms with E-state index in [0.29, 0.717) is 5.56 Å². The van der Waals surface area contributed by atoms with E-state index in [1.165, 1.54) is 18.3 Å². The lowest BCUT2D eigenvalue weighted by Gasteiger charge is -2.20. The van der Waals surface area contributed by atoms with E-state index < -0.39 is 5.60 Å². The number of nitrogens with one attached hydrogen (secondary N) is 1. The first-order valence-electron chi connectivity index (χ1n) is 8.91. The van der Waals surface area contributed by atoms with Crippen LogP contribution in [0.5, 0.6) is 0 Å². The van der Waals surface area contributed by atoms with Crippen molar-refractivity contribution in [3.8, 4) is 0 Å². The van der Waals surface area contributed by atoms with Crippen LogP contribution in [0.15, 0.2) is 47.7 Å². The van der Waals surface area contributed by atoms with Crippen LogP contribution >= 0.6 is 0 Å². The van der Waals surface area contributed by atoms with Crippen molar-refractivity contribution in [2.24, 2.45) is 0 Å². The van der Waals surface area contributed by atoms with Crippen LogP contribution in [0.3, 0.4) is 0 Å². The van der Waals surface area contributed by atoms with Gasteiger partial charge in [-0.25, -0.2) is 4.79 Å². The summed E-state index contributed by atoms with van der Waals surface area (Å²) < 4.78 is 4.83. The fraction of sp³-hybridized carbons (Fsp3) is 0.476. The first-order chi connectivity index (χ1) is 11.9. The van der Waals surface area contributed by atoms with Crippen LogP contribution in [0.4, 0.5) is 5.69 Å². The zero-order valence-corrected chi connectivity index (χ0v) is 15.5. The number of rotatable bonds is 7. The Morgan fingerprint density at radius 2 is 2.12 bits per heavy atom. The molecule has 1 aromatic rings. The minimum atomic E-state index is -0.590. The molecule has 25 heavy (non-hydrogen) atoms. The third-order valence-corrected chi connectivity index (χ3v) is 4.40. The highest BCUT2D eigenvalue weighted by atomic mass is 16.5. The van der Waals surface area contributed by atoms with Crippen LogP contribution in [0.1, 0.15) is 62.7 Å². The highest BCUT2D eigenvalue weighted by molar-refractivity contribution is 5.95. The number of hydrogen-bond donors (Lipinski definition) is 2. The lowest BCUT2D eigenvalue weighted by atomic mass is 9.90. The van der Waals surface area contributed by atoms with E-state index >= 15 is 0 Å². The molecule has 2 N–H and O–H groups in total. The van der Waals surface area contributed by atoms with Crippen LogP contribution < -0.4 is 5.32 Å². The molecule has 1 aliphatic rings. The summed E-state index contributed by atoms with van der Waals surface area (Å²) in [5, 5.41) is 13.1. The Balaban J connectivity index is 1.95. The molecule has 0 amide bonds. The molecule has 0 bridgehead atoms. The van der Waals surface area contributed by atoms with Crippen molar-refractivity contribution in [1.29, 1.82) is 0 Å². The average Bonchev–Trinajstić information content (AvgIpc) is 2.59. The number of allylic oxidation sites excluding steroid dienone is 3. The van der Waals surface area contributed by atoms with E-state index in [4.69, 9.17) is 4.74 Å². The van der Waals surface area contributed by atoms with Gasteiger partial charge in [0.2, 0.25) is 0 Å². The van der Waals surface area contributed by atoms with Gasteiger partial charge in [-0.2, -0.15) is 0 Å². The van der Waals surface area contributed by atoms with Crippen molar-refractivity contribution in [3.63, 3.8) is 0 Å². The third kappa shape index (κ3) is 6.39. The number of aliphatic hydroxyl groups is 1. The van der Waals surface area contributed by atoms with Crippen molar-refractivity contribution in [2.75, 3.05) is 12.4 Å². The Labute approximate surface area is 150 Å². The van der Waals surface area contributed by atoms with Crippen molar-refractivity contribution in [3.05, 3.63) is 53.3 Å². The fourth-order valence-electron chi connectivity index (χ4n) is 3.05. The zero-order chi connectivity index (χ0) is 18.3. The van der Waals surface area contributed by atoms with Gasteiger partial charge in [-0.3, -0.25) is 0 Å². The van der Waals surface area contributed by atoms with Crippen LogP contribution in [0.25, 0.3) is 0 Å². The minimum Gasteiger partial charge on any atom is -0.465 e. The summed E-state index contributed by atoms with van der Waals surface area (Å²) in [6.45, 7) is 3.71. The molecule has 0 saturated carbocycles. The molecule has 1 aromatic carbocycles. The van der Waals surface area contributed by atoms with Crippen LogP contribution in [0, 0.1) is 0 Å². The van der Waals surface area contributed by atoms with Gasteiger partial charge < -0.3 is 15.2 Å². The van der Waals surface area contributed by atoms with E-state index in [-0.39, 0.29) is 5.97 Å². The Hall–Kier alpha value is -2.07. The van der Waals surface area contributed by atoms with Crippen molar-refractivity contribution in [2.45, 2.75) is 58.0 Å². The molecule has 4 nitrogen and oxygen atoms in total. The molecule has 0 heterocycles. The first-order valence-corrected chi connectivity index (χ1v) is 8.91. The maximum Gasteiger partial charge on any atom is 0.339 e. The third-order valence-electron chi connectivity index (χ3n) is 4.40. The maximum atomic E-state index is 11.8. The van der Waals surface area contributed by atoms with Gasteiger partial charge in [0.15, 0.2) is 0 Å². The molecular formula is C21H29NO3. The number of esters is 1. The predicted molar refractivity (Wildman–Crippen MR) is 102 cm³/mol. The van der Waals surface area contributed by atoms with E-state index in [9.17, 15) is 9.90 Å². The number of carbonyl (C=O) groups is 1. The lowest BCUT2D eigenvalue weighted by molar-refractivity contribution is 0.0601. The second kappa shape index (κ2) is 8.86. The Kier molecular flexibility index (Phi) is 6.82. The number of para-hydroxylation sites is 1. The largest absolute Gasteiger partial charge is 0.465 e. The van der Waals surface area contributed by atoms with Crippen LogP contribution in [-0.2, 0) is 4.74 Å². The van der Waals surface area contributed by atoms with Gasteiger partial charge in [0.1, 0.15) is 0 Å². The van der Waals surface area contributed by atoms with Gasteiger partial charge in [-0.1, -0.05) is 23.8 Å². The summed E-state index contributed by atoms with van der Waals surface area (Å²) in [6, 6.07) is 7.37. The summed E-state index contributed by atoms with van der Waals surface area (Å²) in [4.78, 5) is 11.8. The molecule has 4 heteroatoms. The second-order valence-electron chi connectivity index (χ2n) is 7.23. The SMILES string of the molecule is COC(=O)c1ccccc1N/C=C1\CCC=C(CCCC(C)(C)O)C1. The maximum absolute atomic E-state index is 11.8. The average molecular weight is 343 g/mol.